The van der Waals surface area contributed by atoms with Gasteiger partial charge in [0.05, 0.1) is 0 Å². The average Bonchev–Trinajstić information content (AvgIpc) is 2.77. The molecule has 0 aromatic carbocycles. The van der Waals surface area contributed by atoms with Gasteiger partial charge < -0.3 is 20.6 Å². The molecule has 0 unspecified atom stereocenters. The third kappa shape index (κ3) is 7.08. The highest BCUT2D eigenvalue weighted by molar-refractivity contribution is 5.77. The summed E-state index contributed by atoms with van der Waals surface area (Å²) in [6.45, 7) is 1.02. The fourth-order valence-electron chi connectivity index (χ4n) is 3.80. The van der Waals surface area contributed by atoms with Crippen LogP contribution >= 0.6 is 0 Å². The maximum absolute atomic E-state index is 11.6. The molecule has 0 radical (unpaired) electrons. The molecule has 0 fully saturated rings. The molecular formula is C23H34N6O2. The van der Waals surface area contributed by atoms with Gasteiger partial charge in [0.15, 0.2) is 0 Å². The third-order valence-corrected chi connectivity index (χ3v) is 5.61. The quantitative estimate of drug-likeness (QED) is 0.441. The van der Waals surface area contributed by atoms with Gasteiger partial charge in [-0.3, -0.25) is 0 Å². The second-order valence-corrected chi connectivity index (χ2v) is 8.34. The minimum atomic E-state index is -0.850. The highest BCUT2D eigenvalue weighted by atomic mass is 16.4. The van der Waals surface area contributed by atoms with E-state index in [9.17, 15) is 9.90 Å². The number of unbranched alkanes of at least 4 members (excludes halogenated alkanes) is 4. The van der Waals surface area contributed by atoms with Crippen LogP contribution in [0.3, 0.4) is 0 Å². The van der Waals surface area contributed by atoms with E-state index in [2.05, 4.69) is 32.7 Å². The fraction of sp³-hybridized carbons (Fsp3) is 0.565. The molecule has 0 amide bonds. The molecule has 0 bridgehead atoms. The van der Waals surface area contributed by atoms with E-state index in [1.165, 1.54) is 18.3 Å². The molecule has 8 nitrogen and oxygen atoms in total. The lowest BCUT2D eigenvalue weighted by molar-refractivity contribution is -0.138. The summed E-state index contributed by atoms with van der Waals surface area (Å²) in [5.41, 5.74) is 2.49. The number of hydrogen-bond acceptors (Lipinski definition) is 7. The van der Waals surface area contributed by atoms with E-state index >= 15 is 0 Å². The number of rotatable bonds is 12. The van der Waals surface area contributed by atoms with Gasteiger partial charge >= 0.3 is 5.97 Å². The molecule has 0 spiro atoms. The molecule has 1 aliphatic rings. The van der Waals surface area contributed by atoms with Gasteiger partial charge in [-0.05, 0) is 43.7 Å². The minimum Gasteiger partial charge on any atom is -0.480 e. The second kappa shape index (κ2) is 11.5. The Bertz CT molecular complexity index is 858. The Balaban J connectivity index is 1.34. The first-order chi connectivity index (χ1) is 15.0. The van der Waals surface area contributed by atoms with Gasteiger partial charge in [0, 0.05) is 32.4 Å². The van der Waals surface area contributed by atoms with Crippen molar-refractivity contribution in [3.8, 4) is 0 Å². The van der Waals surface area contributed by atoms with Crippen LogP contribution in [-0.2, 0) is 17.6 Å². The number of anilines is 3. The van der Waals surface area contributed by atoms with Crippen LogP contribution in [0.4, 0.5) is 17.5 Å². The summed E-state index contributed by atoms with van der Waals surface area (Å²) in [4.78, 5) is 26.5. The molecule has 1 atom stereocenters. The first-order valence-electron chi connectivity index (χ1n) is 11.2. The Hall–Kier alpha value is -2.90. The van der Waals surface area contributed by atoms with Crippen molar-refractivity contribution in [3.05, 3.63) is 35.8 Å². The smallest absolute Gasteiger partial charge is 0.326 e. The molecule has 2 aromatic heterocycles. The van der Waals surface area contributed by atoms with E-state index in [0.717, 1.165) is 68.8 Å². The number of aromatic nitrogens is 3. The summed E-state index contributed by atoms with van der Waals surface area (Å²) in [5, 5.41) is 16.0. The molecule has 3 heterocycles. The normalized spacial score (nSPS) is 13.7. The van der Waals surface area contributed by atoms with Crippen molar-refractivity contribution in [2.45, 2.75) is 63.8 Å². The van der Waals surface area contributed by atoms with Gasteiger partial charge in [-0.1, -0.05) is 31.7 Å². The third-order valence-electron chi connectivity index (χ3n) is 5.61. The van der Waals surface area contributed by atoms with Crippen LogP contribution in [0.1, 0.15) is 56.2 Å². The van der Waals surface area contributed by atoms with E-state index in [1.54, 1.807) is 6.07 Å². The van der Waals surface area contributed by atoms with Gasteiger partial charge in [0.25, 0.3) is 0 Å². The first-order valence-corrected chi connectivity index (χ1v) is 11.2. The van der Waals surface area contributed by atoms with Gasteiger partial charge in [-0.25, -0.2) is 19.7 Å². The number of fused-ring (bicyclic) bond motifs is 1. The summed E-state index contributed by atoms with van der Waals surface area (Å²) in [6, 6.07) is 5.49. The molecular weight excluding hydrogens is 392 g/mol. The number of aryl methyl sites for hydroxylation is 2. The molecule has 0 aliphatic carbocycles. The average molecular weight is 427 g/mol. The molecule has 8 heteroatoms. The molecule has 3 N–H and O–H groups in total. The lowest BCUT2D eigenvalue weighted by Gasteiger charge is -2.17. The Morgan fingerprint density at radius 3 is 2.81 bits per heavy atom. The van der Waals surface area contributed by atoms with Crippen molar-refractivity contribution < 1.29 is 9.90 Å². The van der Waals surface area contributed by atoms with Crippen LogP contribution < -0.4 is 15.5 Å². The Morgan fingerprint density at radius 1 is 1.19 bits per heavy atom. The fourth-order valence-corrected chi connectivity index (χ4v) is 3.80. The number of nitrogens with zero attached hydrogens (tertiary/aromatic N) is 4. The minimum absolute atomic E-state index is 0.540. The number of aliphatic carboxylic acids is 1. The highest BCUT2D eigenvalue weighted by Crippen LogP contribution is 2.21. The maximum atomic E-state index is 11.6. The predicted octanol–water partition coefficient (Wildman–Crippen LogP) is 3.74. The van der Waals surface area contributed by atoms with Crippen molar-refractivity contribution in [1.82, 2.24) is 15.0 Å². The van der Waals surface area contributed by atoms with E-state index in [4.69, 9.17) is 4.98 Å². The maximum Gasteiger partial charge on any atom is 0.326 e. The molecule has 0 saturated carbocycles. The van der Waals surface area contributed by atoms with Gasteiger partial charge in [0.1, 0.15) is 29.8 Å². The summed E-state index contributed by atoms with van der Waals surface area (Å²) >= 11 is 0. The number of carboxylic acids is 1. The van der Waals surface area contributed by atoms with Crippen LogP contribution in [0.25, 0.3) is 0 Å². The molecule has 3 rings (SSSR count). The van der Waals surface area contributed by atoms with E-state index in [0.29, 0.717) is 12.2 Å². The number of hydrogen-bond donors (Lipinski definition) is 3. The lowest BCUT2D eigenvalue weighted by Crippen LogP contribution is -2.29. The summed E-state index contributed by atoms with van der Waals surface area (Å²) < 4.78 is 0. The predicted molar refractivity (Wildman–Crippen MR) is 124 cm³/mol. The Kier molecular flexibility index (Phi) is 8.44. The molecule has 2 aromatic rings. The SMILES string of the molecule is CN(C)c1cc(N[C@@H](CCCCCCCc2ccc3c(n2)NCCC3)C(=O)O)ncn1. The second-order valence-electron chi connectivity index (χ2n) is 8.34. The zero-order valence-corrected chi connectivity index (χ0v) is 18.6. The first kappa shape index (κ1) is 22.8. The zero-order chi connectivity index (χ0) is 22.1. The van der Waals surface area contributed by atoms with Crippen LogP contribution in [0.15, 0.2) is 24.5 Å². The Morgan fingerprint density at radius 2 is 2.00 bits per heavy atom. The van der Waals surface area contributed by atoms with E-state index < -0.39 is 12.0 Å². The van der Waals surface area contributed by atoms with Gasteiger partial charge in [-0.2, -0.15) is 0 Å². The van der Waals surface area contributed by atoms with Crippen LogP contribution in [0, 0.1) is 0 Å². The van der Waals surface area contributed by atoms with Crippen LogP contribution in [0.5, 0.6) is 0 Å². The van der Waals surface area contributed by atoms with Crippen molar-refractivity contribution in [2.24, 2.45) is 0 Å². The summed E-state index contributed by atoms with van der Waals surface area (Å²) in [6.07, 6.45) is 10.6. The lowest BCUT2D eigenvalue weighted by atomic mass is 10.0. The van der Waals surface area contributed by atoms with Crippen molar-refractivity contribution in [3.63, 3.8) is 0 Å². The van der Waals surface area contributed by atoms with E-state index in [1.807, 2.05) is 19.0 Å². The van der Waals surface area contributed by atoms with Crippen LogP contribution in [-0.4, -0.2) is 52.7 Å². The topological polar surface area (TPSA) is 103 Å². The summed E-state index contributed by atoms with van der Waals surface area (Å²) in [7, 11) is 3.78. The van der Waals surface area contributed by atoms with Gasteiger partial charge in [-0.15, -0.1) is 0 Å². The monoisotopic (exact) mass is 426 g/mol. The zero-order valence-electron chi connectivity index (χ0n) is 18.6. The Labute approximate surface area is 184 Å². The largest absolute Gasteiger partial charge is 0.480 e. The standard InChI is InChI=1S/C23H34N6O2/c1-29(2)21-15-20(25-16-26-21)28-19(23(30)31)11-7-5-3-4-6-10-18-13-12-17-9-8-14-24-22(17)27-18/h12-13,15-16,19H,3-11,14H2,1-2H3,(H,24,27)(H,30,31)(H,25,26,28)/t19-/m0/s1. The molecule has 31 heavy (non-hydrogen) atoms. The number of carboxylic acid groups (broad SMARTS) is 1. The number of pyridine rings is 1. The van der Waals surface area contributed by atoms with E-state index in [-0.39, 0.29) is 0 Å². The van der Waals surface area contributed by atoms with Crippen LogP contribution in [0.2, 0.25) is 0 Å². The van der Waals surface area contributed by atoms with Gasteiger partial charge in [0.2, 0.25) is 0 Å². The number of nitrogens with one attached hydrogen (secondary N) is 2. The van der Waals surface area contributed by atoms with Crippen molar-refractivity contribution in [1.29, 1.82) is 0 Å². The summed E-state index contributed by atoms with van der Waals surface area (Å²) in [5.74, 6) is 1.50. The highest BCUT2D eigenvalue weighted by Gasteiger charge is 2.17. The molecule has 0 saturated heterocycles. The molecule has 1 aliphatic heterocycles. The van der Waals surface area contributed by atoms with Crippen molar-refractivity contribution >= 4 is 23.4 Å². The van der Waals surface area contributed by atoms with Crippen molar-refractivity contribution in [2.75, 3.05) is 36.2 Å². The number of carbonyl (C=O) groups is 1. The molecule has 168 valence electrons.